The third kappa shape index (κ3) is 3.53. The maximum Gasteiger partial charge on any atom is 0.0591 e. The number of nitrogens with two attached hydrogens (primary N) is 1. The second kappa shape index (κ2) is 5.83. The summed E-state index contributed by atoms with van der Waals surface area (Å²) in [6, 6.07) is 2.81. The molecule has 1 aliphatic rings. The van der Waals surface area contributed by atoms with Crippen LogP contribution < -0.4 is 5.73 Å². The minimum absolute atomic E-state index is 0.226. The summed E-state index contributed by atoms with van der Waals surface area (Å²) in [5.74, 6) is 0.912. The van der Waals surface area contributed by atoms with Gasteiger partial charge in [-0.1, -0.05) is 6.92 Å². The van der Waals surface area contributed by atoms with E-state index in [2.05, 4.69) is 46.2 Å². The van der Waals surface area contributed by atoms with Crippen LogP contribution in [0, 0.1) is 5.92 Å². The summed E-state index contributed by atoms with van der Waals surface area (Å²) in [7, 11) is 2.21. The summed E-state index contributed by atoms with van der Waals surface area (Å²) >= 11 is 5.34. The Morgan fingerprint density at radius 3 is 2.76 bits per heavy atom. The average Bonchev–Trinajstić information content (AvgIpc) is 3.00. The quantitative estimate of drug-likeness (QED) is 0.868. The molecule has 1 saturated carbocycles. The van der Waals surface area contributed by atoms with Gasteiger partial charge in [-0.25, -0.2) is 0 Å². The van der Waals surface area contributed by atoms with Crippen LogP contribution in [0.25, 0.3) is 0 Å². The van der Waals surface area contributed by atoms with Crippen molar-refractivity contribution in [2.75, 3.05) is 13.6 Å². The first-order chi connectivity index (χ1) is 8.11. The Morgan fingerprint density at radius 2 is 2.29 bits per heavy atom. The normalized spacial score (nSPS) is 19.6. The fraction of sp³-hybridized carbons (Fsp3) is 0.692. The lowest BCUT2D eigenvalue weighted by Crippen LogP contribution is -2.39. The van der Waals surface area contributed by atoms with E-state index in [-0.39, 0.29) is 6.04 Å². The number of hydrogen-bond donors (Lipinski definition) is 1. The molecule has 96 valence electrons. The molecule has 2 unspecified atom stereocenters. The van der Waals surface area contributed by atoms with E-state index in [1.165, 1.54) is 28.7 Å². The first-order valence-electron chi connectivity index (χ1n) is 6.31. The molecule has 1 aromatic heterocycles. The Kier molecular flexibility index (Phi) is 4.64. The average molecular weight is 317 g/mol. The van der Waals surface area contributed by atoms with E-state index in [0.717, 1.165) is 12.3 Å². The maximum absolute atomic E-state index is 6.31. The van der Waals surface area contributed by atoms with E-state index in [9.17, 15) is 0 Å². The molecule has 1 aromatic rings. The maximum atomic E-state index is 6.31. The molecule has 1 fully saturated rings. The Morgan fingerprint density at radius 1 is 1.59 bits per heavy atom. The summed E-state index contributed by atoms with van der Waals surface area (Å²) in [6.45, 7) is 3.36. The van der Waals surface area contributed by atoms with Crippen LogP contribution in [0.1, 0.15) is 37.1 Å². The lowest BCUT2D eigenvalue weighted by atomic mass is 10.0. The molecule has 4 heteroatoms. The molecule has 0 bridgehead atoms. The third-order valence-electron chi connectivity index (χ3n) is 3.47. The first-order valence-corrected chi connectivity index (χ1v) is 7.98. The van der Waals surface area contributed by atoms with Crippen molar-refractivity contribution in [2.45, 2.75) is 38.3 Å². The highest BCUT2D eigenvalue weighted by Crippen LogP contribution is 2.35. The lowest BCUT2D eigenvalue weighted by Gasteiger charge is -2.31. The van der Waals surface area contributed by atoms with E-state index in [0.29, 0.717) is 6.04 Å². The van der Waals surface area contributed by atoms with Gasteiger partial charge in [0.1, 0.15) is 0 Å². The van der Waals surface area contributed by atoms with Crippen LogP contribution in [0.4, 0.5) is 0 Å². The van der Waals surface area contributed by atoms with Crippen LogP contribution >= 0.6 is 27.3 Å². The van der Waals surface area contributed by atoms with E-state index in [1.807, 2.05) is 11.3 Å². The molecule has 1 heterocycles. The van der Waals surface area contributed by atoms with Crippen molar-refractivity contribution in [3.63, 3.8) is 0 Å². The van der Waals surface area contributed by atoms with Gasteiger partial charge in [0.05, 0.1) is 6.04 Å². The van der Waals surface area contributed by atoms with Crippen LogP contribution in [-0.2, 0) is 0 Å². The highest BCUT2D eigenvalue weighted by molar-refractivity contribution is 9.10. The number of halogens is 1. The Labute approximate surface area is 116 Å². The zero-order valence-electron chi connectivity index (χ0n) is 10.5. The Bertz CT molecular complexity index is 362. The zero-order chi connectivity index (χ0) is 12.4. The van der Waals surface area contributed by atoms with Crippen molar-refractivity contribution in [3.05, 3.63) is 20.8 Å². The molecule has 0 saturated heterocycles. The van der Waals surface area contributed by atoms with Crippen LogP contribution in [0.3, 0.4) is 0 Å². The van der Waals surface area contributed by atoms with Gasteiger partial charge in [-0.15, -0.1) is 11.3 Å². The van der Waals surface area contributed by atoms with Gasteiger partial charge in [0.25, 0.3) is 0 Å². The minimum Gasteiger partial charge on any atom is -0.326 e. The van der Waals surface area contributed by atoms with Crippen molar-refractivity contribution in [3.8, 4) is 0 Å². The predicted molar refractivity (Wildman–Crippen MR) is 78.4 cm³/mol. The number of likely N-dealkylation sites (N-methyl/N-ethyl adjacent to an activating group) is 1. The summed E-state index contributed by atoms with van der Waals surface area (Å²) < 4.78 is 1.17. The van der Waals surface area contributed by atoms with Gasteiger partial charge in [-0.2, -0.15) is 0 Å². The molecule has 0 aromatic carbocycles. The first kappa shape index (κ1) is 13.5. The molecule has 0 spiro atoms. The molecule has 2 rings (SSSR count). The minimum atomic E-state index is 0.226. The van der Waals surface area contributed by atoms with Crippen LogP contribution in [0.5, 0.6) is 0 Å². The summed E-state index contributed by atoms with van der Waals surface area (Å²) in [6.07, 6.45) is 3.81. The molecule has 17 heavy (non-hydrogen) atoms. The topological polar surface area (TPSA) is 29.3 Å². The molecule has 0 aliphatic heterocycles. The van der Waals surface area contributed by atoms with Gasteiger partial charge in [-0.3, -0.25) is 4.90 Å². The molecule has 0 amide bonds. The molecule has 2 N–H and O–H groups in total. The van der Waals surface area contributed by atoms with Crippen LogP contribution in [0.2, 0.25) is 0 Å². The monoisotopic (exact) mass is 316 g/mol. The fourth-order valence-corrected chi connectivity index (χ4v) is 3.97. The van der Waals surface area contributed by atoms with Gasteiger partial charge in [0.15, 0.2) is 0 Å². The summed E-state index contributed by atoms with van der Waals surface area (Å²) in [5, 5.41) is 2.15. The molecule has 2 atom stereocenters. The van der Waals surface area contributed by atoms with Crippen LogP contribution in [-0.4, -0.2) is 24.5 Å². The van der Waals surface area contributed by atoms with Gasteiger partial charge < -0.3 is 5.73 Å². The van der Waals surface area contributed by atoms with Gasteiger partial charge in [-0.05, 0) is 54.2 Å². The van der Waals surface area contributed by atoms with E-state index in [4.69, 9.17) is 5.73 Å². The molecule has 2 nitrogen and oxygen atoms in total. The van der Waals surface area contributed by atoms with Crippen molar-refractivity contribution in [1.82, 2.24) is 4.90 Å². The summed E-state index contributed by atoms with van der Waals surface area (Å²) in [4.78, 5) is 3.83. The SMILES string of the molecule is CCC(N)C(c1cc(Br)cs1)N(C)CC1CC1. The highest BCUT2D eigenvalue weighted by atomic mass is 79.9. The third-order valence-corrected chi connectivity index (χ3v) is 5.24. The smallest absolute Gasteiger partial charge is 0.0591 e. The standard InChI is InChI=1S/C13H21BrN2S/c1-3-11(15)13(12-6-10(14)8-17-12)16(2)7-9-4-5-9/h6,8-9,11,13H,3-5,7,15H2,1-2H3. The van der Waals surface area contributed by atoms with E-state index < -0.39 is 0 Å². The molecular formula is C13H21BrN2S. The van der Waals surface area contributed by atoms with Gasteiger partial charge in [0.2, 0.25) is 0 Å². The number of hydrogen-bond acceptors (Lipinski definition) is 3. The zero-order valence-corrected chi connectivity index (χ0v) is 12.9. The Hall–Kier alpha value is 0.1000. The van der Waals surface area contributed by atoms with Crippen LogP contribution in [0.15, 0.2) is 15.9 Å². The molecule has 0 radical (unpaired) electrons. The summed E-state index contributed by atoms with van der Waals surface area (Å²) in [5.41, 5.74) is 6.31. The predicted octanol–water partition coefficient (Wildman–Crippen LogP) is 3.63. The van der Waals surface area contributed by atoms with Crippen molar-refractivity contribution in [2.24, 2.45) is 11.7 Å². The van der Waals surface area contributed by atoms with Gasteiger partial charge >= 0.3 is 0 Å². The largest absolute Gasteiger partial charge is 0.326 e. The van der Waals surface area contributed by atoms with Gasteiger partial charge in [0, 0.05) is 27.3 Å². The lowest BCUT2D eigenvalue weighted by molar-refractivity contribution is 0.205. The molecular weight excluding hydrogens is 296 g/mol. The van der Waals surface area contributed by atoms with E-state index >= 15 is 0 Å². The van der Waals surface area contributed by atoms with Crippen molar-refractivity contribution in [1.29, 1.82) is 0 Å². The van der Waals surface area contributed by atoms with Crippen molar-refractivity contribution >= 4 is 27.3 Å². The van der Waals surface area contributed by atoms with Crippen molar-refractivity contribution < 1.29 is 0 Å². The number of rotatable bonds is 6. The second-order valence-electron chi connectivity index (χ2n) is 5.07. The number of thiophene rings is 1. The van der Waals surface area contributed by atoms with E-state index in [1.54, 1.807) is 0 Å². The second-order valence-corrected chi connectivity index (χ2v) is 6.93. The number of nitrogens with zero attached hydrogens (tertiary/aromatic N) is 1. The Balaban J connectivity index is 2.11. The fourth-order valence-electron chi connectivity index (χ4n) is 2.28. The molecule has 1 aliphatic carbocycles. The highest BCUT2D eigenvalue weighted by Gasteiger charge is 2.29.